The Balaban J connectivity index is 0.670. The lowest BCUT2D eigenvalue weighted by Crippen LogP contribution is -2.28. The Labute approximate surface area is 564 Å². The monoisotopic (exact) mass is 1230 g/mol. The SMILES string of the molecule is c1ccc(N(c2ccc(-c3ccc(N(c4ccccc4)c4ccc5c(c4)C4(CCCCC4)c4cc(N(c6ccccc6)c6cccc7ccccc67)ccc4-5)cc3)cc2)c2ccc3c(c2)C2(CCCCC2)c2cc(N(c4ccccc4)c4cccc5ccccc45)ccc2-3)cc1. The molecule has 4 heteroatoms. The molecule has 14 aromatic rings. The third kappa shape index (κ3) is 9.72. The van der Waals surface area contributed by atoms with Gasteiger partial charge in [-0.15, -0.1) is 0 Å². The highest BCUT2D eigenvalue weighted by Crippen LogP contribution is 2.60. The van der Waals surface area contributed by atoms with Crippen LogP contribution in [0.4, 0.5) is 68.2 Å². The van der Waals surface area contributed by atoms with Gasteiger partial charge in [0.2, 0.25) is 0 Å². The maximum atomic E-state index is 2.55. The Hall–Kier alpha value is -11.2. The molecule has 0 unspecified atom stereocenters. The van der Waals surface area contributed by atoms with E-state index in [4.69, 9.17) is 0 Å². The smallest absolute Gasteiger partial charge is 0.0540 e. The standard InChI is InChI=1S/C92H74N4/c1-7-29-69(30-8-1)93(75-49-53-81-83-55-51-77(63-87(83)91(85(81)61-75)57-19-5-20-58-91)95(71-33-11-3-12-34-71)89-39-23-27-67-25-15-17-37-79(67)89)73-45-41-65(42-46-73)66-43-47-74(48-44-66)94(70-31-9-2-10-32-70)76-50-54-82-84-56-52-78(64-88(84)92(86(82)62-76)59-21-6-22-60-92)96(72-35-13-4-14-36-72)90-40-24-28-68-26-16-18-38-80(68)90/h1-4,7-18,23-56,61-64H,5-6,19-22,57-60H2. The van der Waals surface area contributed by atoms with Crippen molar-refractivity contribution in [1.29, 1.82) is 0 Å². The third-order valence-corrected chi connectivity index (χ3v) is 21.8. The number of anilines is 12. The molecule has 0 aromatic heterocycles. The van der Waals surface area contributed by atoms with Crippen molar-refractivity contribution < 1.29 is 0 Å². The largest absolute Gasteiger partial charge is 0.310 e. The van der Waals surface area contributed by atoms with Gasteiger partial charge in [-0.1, -0.05) is 233 Å². The van der Waals surface area contributed by atoms with Crippen LogP contribution in [0.5, 0.6) is 0 Å². The van der Waals surface area contributed by atoms with Crippen molar-refractivity contribution in [3.63, 3.8) is 0 Å². The summed E-state index contributed by atoms with van der Waals surface area (Å²) >= 11 is 0. The van der Waals surface area contributed by atoms with E-state index >= 15 is 0 Å². The molecule has 14 aromatic carbocycles. The van der Waals surface area contributed by atoms with Gasteiger partial charge >= 0.3 is 0 Å². The Kier molecular flexibility index (Phi) is 14.4. The summed E-state index contributed by atoms with van der Waals surface area (Å²) in [6.45, 7) is 0. The van der Waals surface area contributed by atoms with Gasteiger partial charge in [0.05, 0.1) is 11.4 Å². The van der Waals surface area contributed by atoms with E-state index in [0.29, 0.717) is 0 Å². The van der Waals surface area contributed by atoms with Crippen LogP contribution < -0.4 is 19.6 Å². The zero-order chi connectivity index (χ0) is 63.6. The molecule has 4 aliphatic carbocycles. The molecule has 2 spiro atoms. The summed E-state index contributed by atoms with van der Waals surface area (Å²) in [5.74, 6) is 0. The summed E-state index contributed by atoms with van der Waals surface area (Å²) in [5.41, 5.74) is 27.5. The molecule has 0 N–H and O–H groups in total. The molecule has 2 fully saturated rings. The van der Waals surface area contributed by atoms with Gasteiger partial charge in [-0.05, 0) is 226 Å². The van der Waals surface area contributed by atoms with E-state index < -0.39 is 0 Å². The normalized spacial score (nSPS) is 14.6. The molecule has 18 rings (SSSR count). The first-order chi connectivity index (χ1) is 47.6. The number of para-hydroxylation sites is 4. The van der Waals surface area contributed by atoms with Crippen molar-refractivity contribution in [2.75, 3.05) is 19.6 Å². The summed E-state index contributed by atoms with van der Waals surface area (Å²) in [6.07, 6.45) is 11.9. The molecule has 0 heterocycles. The fourth-order valence-corrected chi connectivity index (χ4v) is 17.4. The minimum absolute atomic E-state index is 0.0929. The summed E-state index contributed by atoms with van der Waals surface area (Å²) in [7, 11) is 0. The highest BCUT2D eigenvalue weighted by Gasteiger charge is 2.46. The van der Waals surface area contributed by atoms with E-state index in [9.17, 15) is 0 Å². The summed E-state index contributed by atoms with van der Waals surface area (Å²) in [4.78, 5) is 9.88. The predicted molar refractivity (Wildman–Crippen MR) is 404 cm³/mol. The van der Waals surface area contributed by atoms with Crippen molar-refractivity contribution in [3.8, 4) is 33.4 Å². The van der Waals surface area contributed by atoms with E-state index in [2.05, 4.69) is 347 Å². The van der Waals surface area contributed by atoms with E-state index in [-0.39, 0.29) is 10.8 Å². The molecular formula is C92H74N4. The minimum Gasteiger partial charge on any atom is -0.310 e. The molecule has 0 atom stereocenters. The second kappa shape index (κ2) is 24.0. The van der Waals surface area contributed by atoms with Crippen LogP contribution in [-0.4, -0.2) is 0 Å². The zero-order valence-electron chi connectivity index (χ0n) is 54.0. The van der Waals surface area contributed by atoms with E-state index in [1.54, 1.807) is 0 Å². The maximum Gasteiger partial charge on any atom is 0.0540 e. The van der Waals surface area contributed by atoms with Gasteiger partial charge < -0.3 is 19.6 Å². The quantitative estimate of drug-likeness (QED) is 0.114. The van der Waals surface area contributed by atoms with Gasteiger partial charge in [-0.3, -0.25) is 0 Å². The lowest BCUT2D eigenvalue weighted by Gasteiger charge is -2.37. The highest BCUT2D eigenvalue weighted by atomic mass is 15.2. The zero-order valence-corrected chi connectivity index (χ0v) is 54.0. The molecule has 0 amide bonds. The first-order valence-electron chi connectivity index (χ1n) is 34.7. The minimum atomic E-state index is -0.0929. The molecule has 96 heavy (non-hydrogen) atoms. The topological polar surface area (TPSA) is 13.0 Å². The van der Waals surface area contributed by atoms with Crippen molar-refractivity contribution in [3.05, 3.63) is 350 Å². The number of benzene rings is 14. The Morgan fingerprint density at radius 1 is 0.198 bits per heavy atom. The summed E-state index contributed by atoms with van der Waals surface area (Å²) in [5, 5.41) is 4.97. The molecule has 4 nitrogen and oxygen atoms in total. The molecule has 0 radical (unpaired) electrons. The molecule has 0 bridgehead atoms. The average Bonchev–Trinajstić information content (AvgIpc) is 1.56. The Bertz CT molecular complexity index is 4850. The number of nitrogens with zero attached hydrogens (tertiary/aromatic N) is 4. The predicted octanol–water partition coefficient (Wildman–Crippen LogP) is 26.0. The molecule has 0 aliphatic heterocycles. The van der Waals surface area contributed by atoms with Gasteiger partial charge in [-0.2, -0.15) is 0 Å². The van der Waals surface area contributed by atoms with Gasteiger partial charge in [0.1, 0.15) is 0 Å². The lowest BCUT2D eigenvalue weighted by molar-refractivity contribution is 0.353. The van der Waals surface area contributed by atoms with E-state index in [1.807, 2.05) is 0 Å². The average molecular weight is 1240 g/mol. The Morgan fingerprint density at radius 2 is 0.458 bits per heavy atom. The third-order valence-electron chi connectivity index (χ3n) is 21.8. The molecule has 0 saturated heterocycles. The fourth-order valence-electron chi connectivity index (χ4n) is 17.4. The van der Waals surface area contributed by atoms with Gasteiger partial charge in [0, 0.05) is 78.5 Å². The van der Waals surface area contributed by atoms with E-state index in [0.717, 1.165) is 59.8 Å². The van der Waals surface area contributed by atoms with Gasteiger partial charge in [0.25, 0.3) is 0 Å². The van der Waals surface area contributed by atoms with E-state index in [1.165, 1.54) is 150 Å². The first-order valence-corrected chi connectivity index (χ1v) is 34.7. The number of rotatable bonds is 13. The second-order valence-corrected chi connectivity index (χ2v) is 27.0. The molecule has 462 valence electrons. The van der Waals surface area contributed by atoms with Crippen LogP contribution in [0.1, 0.15) is 86.5 Å². The van der Waals surface area contributed by atoms with Gasteiger partial charge in [0.15, 0.2) is 0 Å². The molecular weight excluding hydrogens is 1160 g/mol. The van der Waals surface area contributed by atoms with Crippen LogP contribution in [0.2, 0.25) is 0 Å². The van der Waals surface area contributed by atoms with Gasteiger partial charge in [-0.25, -0.2) is 0 Å². The van der Waals surface area contributed by atoms with Crippen LogP contribution in [0, 0.1) is 0 Å². The van der Waals surface area contributed by atoms with Crippen molar-refractivity contribution >= 4 is 89.8 Å². The maximum absolute atomic E-state index is 2.55. The molecule has 2 saturated carbocycles. The molecule has 4 aliphatic rings. The second-order valence-electron chi connectivity index (χ2n) is 27.0. The highest BCUT2D eigenvalue weighted by molar-refractivity contribution is 6.01. The lowest BCUT2D eigenvalue weighted by atomic mass is 9.67. The summed E-state index contributed by atoms with van der Waals surface area (Å²) < 4.78 is 0. The van der Waals surface area contributed by atoms with Crippen LogP contribution >= 0.6 is 0 Å². The van der Waals surface area contributed by atoms with Crippen LogP contribution in [0.15, 0.2) is 328 Å². The number of fused-ring (bicyclic) bond motifs is 12. The number of hydrogen-bond acceptors (Lipinski definition) is 4. The fraction of sp³-hybridized carbons (Fsp3) is 0.130. The van der Waals surface area contributed by atoms with Crippen molar-refractivity contribution in [2.24, 2.45) is 0 Å². The first kappa shape index (κ1) is 57.5. The Morgan fingerprint density at radius 3 is 0.792 bits per heavy atom. The van der Waals surface area contributed by atoms with Crippen LogP contribution in [0.3, 0.4) is 0 Å². The van der Waals surface area contributed by atoms with Crippen molar-refractivity contribution in [2.45, 2.75) is 75.0 Å². The number of hydrogen-bond donors (Lipinski definition) is 0. The summed E-state index contributed by atoms with van der Waals surface area (Å²) in [6, 6.07) is 123. The van der Waals surface area contributed by atoms with Crippen LogP contribution in [0.25, 0.3) is 54.9 Å². The van der Waals surface area contributed by atoms with Crippen molar-refractivity contribution in [1.82, 2.24) is 0 Å². The van der Waals surface area contributed by atoms with Crippen LogP contribution in [-0.2, 0) is 10.8 Å².